The Hall–Kier alpha value is -0.323. The van der Waals surface area contributed by atoms with Crippen molar-refractivity contribution in [2.75, 3.05) is 20.5 Å². The number of aliphatic hydroxyl groups is 1. The lowest BCUT2D eigenvalue weighted by molar-refractivity contribution is -0.331. The van der Waals surface area contributed by atoms with E-state index in [9.17, 15) is 5.11 Å². The standard InChI is InChI=1S/C34H64O7Si/c1-23-18-24(41-42(14,15)30(5,6)7)19-31(8,9)34(23,35)28(37-22-36-13)20-33(12)25-21-38-32(10,11)39-26(25)16-17-27(33)40-29(2,3)4/h18,24-28,35H,16-17,19-22H2,1-15H3/t24-,25+,26+,27+,28?,33+,34+/m1/s1. The molecule has 42 heavy (non-hydrogen) atoms. The van der Waals surface area contributed by atoms with Gasteiger partial charge in [0.2, 0.25) is 0 Å². The second kappa shape index (κ2) is 12.1. The fraction of sp³-hybridized carbons (Fsp3) is 0.941. The summed E-state index contributed by atoms with van der Waals surface area (Å²) in [7, 11) is -0.379. The van der Waals surface area contributed by atoms with Gasteiger partial charge in [-0.25, -0.2) is 0 Å². The van der Waals surface area contributed by atoms with Gasteiger partial charge in [0.1, 0.15) is 12.4 Å². The van der Waals surface area contributed by atoms with Crippen molar-refractivity contribution in [3.05, 3.63) is 11.6 Å². The molecule has 1 N–H and O–H groups in total. The minimum absolute atomic E-state index is 0.0462. The lowest BCUT2D eigenvalue weighted by Crippen LogP contribution is -2.64. The molecule has 7 atom stereocenters. The summed E-state index contributed by atoms with van der Waals surface area (Å²) >= 11 is 0. The highest BCUT2D eigenvalue weighted by atomic mass is 28.4. The van der Waals surface area contributed by atoms with Crippen LogP contribution in [0.1, 0.15) is 109 Å². The minimum Gasteiger partial charge on any atom is -0.411 e. The van der Waals surface area contributed by atoms with Crippen LogP contribution in [0.5, 0.6) is 0 Å². The Kier molecular flexibility index (Phi) is 10.4. The van der Waals surface area contributed by atoms with Crippen LogP contribution in [-0.2, 0) is 28.1 Å². The first kappa shape index (κ1) is 36.1. The molecule has 1 aliphatic heterocycles. The summed E-state index contributed by atoms with van der Waals surface area (Å²) in [6, 6.07) is 0. The quantitative estimate of drug-likeness (QED) is 0.163. The number of hydrogen-bond acceptors (Lipinski definition) is 7. The van der Waals surface area contributed by atoms with Crippen LogP contribution < -0.4 is 0 Å². The number of hydrogen-bond donors (Lipinski definition) is 1. The van der Waals surface area contributed by atoms with Crippen molar-refractivity contribution >= 4 is 8.32 Å². The molecule has 1 saturated heterocycles. The highest BCUT2D eigenvalue weighted by Crippen LogP contribution is 2.56. The topological polar surface area (TPSA) is 75.6 Å². The molecule has 246 valence electrons. The van der Waals surface area contributed by atoms with Gasteiger partial charge < -0.3 is 33.2 Å². The zero-order valence-corrected chi connectivity index (χ0v) is 30.6. The molecule has 1 unspecified atom stereocenters. The third kappa shape index (κ3) is 7.38. The Balaban J connectivity index is 2.05. The fourth-order valence-electron chi connectivity index (χ4n) is 7.40. The molecular formula is C34H64O7Si. The van der Waals surface area contributed by atoms with Gasteiger partial charge in [0.15, 0.2) is 14.1 Å². The molecule has 0 amide bonds. The molecule has 8 heteroatoms. The SMILES string of the molecule is COCOC(C[C@]1(C)[C@@H](OC(C)(C)C)CC[C@@H]2OC(C)(C)OC[C@@H]21)[C@@]1(O)C(C)=C[C@@H](O[Si](C)(C)C(C)(C)C)CC1(C)C. The highest BCUT2D eigenvalue weighted by Gasteiger charge is 2.60. The van der Waals surface area contributed by atoms with Crippen molar-refractivity contribution in [3.63, 3.8) is 0 Å². The summed E-state index contributed by atoms with van der Waals surface area (Å²) in [5.41, 5.74) is -1.57. The summed E-state index contributed by atoms with van der Waals surface area (Å²) in [4.78, 5) is 0. The molecule has 0 aromatic heterocycles. The van der Waals surface area contributed by atoms with E-state index < -0.39 is 31.2 Å². The van der Waals surface area contributed by atoms with Gasteiger partial charge in [0, 0.05) is 23.9 Å². The Morgan fingerprint density at radius 3 is 2.19 bits per heavy atom. The summed E-state index contributed by atoms with van der Waals surface area (Å²) < 4.78 is 38.4. The molecule has 0 aromatic carbocycles. The largest absolute Gasteiger partial charge is 0.411 e. The van der Waals surface area contributed by atoms with E-state index in [-0.39, 0.29) is 47.1 Å². The van der Waals surface area contributed by atoms with Crippen LogP contribution in [0.3, 0.4) is 0 Å². The van der Waals surface area contributed by atoms with Crippen molar-refractivity contribution in [2.24, 2.45) is 16.7 Å². The monoisotopic (exact) mass is 612 g/mol. The molecular weight excluding hydrogens is 548 g/mol. The highest BCUT2D eigenvalue weighted by molar-refractivity contribution is 6.74. The molecule has 7 nitrogen and oxygen atoms in total. The maximum Gasteiger partial charge on any atom is 0.192 e. The van der Waals surface area contributed by atoms with Gasteiger partial charge in [0.25, 0.3) is 0 Å². The second-order valence-corrected chi connectivity index (χ2v) is 21.9. The van der Waals surface area contributed by atoms with Crippen molar-refractivity contribution in [2.45, 2.75) is 168 Å². The van der Waals surface area contributed by atoms with E-state index in [0.29, 0.717) is 19.4 Å². The Labute approximate surface area is 258 Å². The Bertz CT molecular complexity index is 962. The number of methoxy groups -OCH3 is 1. The number of rotatable bonds is 9. The van der Waals surface area contributed by atoms with E-state index in [1.165, 1.54) is 0 Å². The summed E-state index contributed by atoms with van der Waals surface area (Å²) in [6.45, 7) is 31.0. The molecule has 1 saturated carbocycles. The first-order valence-electron chi connectivity index (χ1n) is 16.1. The van der Waals surface area contributed by atoms with Crippen molar-refractivity contribution < 1.29 is 33.2 Å². The average molecular weight is 613 g/mol. The molecule has 2 fully saturated rings. The third-order valence-corrected chi connectivity index (χ3v) is 15.3. The van der Waals surface area contributed by atoms with Crippen LogP contribution in [0.25, 0.3) is 0 Å². The van der Waals surface area contributed by atoms with E-state index in [1.54, 1.807) is 7.11 Å². The molecule has 0 bridgehead atoms. The molecule has 3 rings (SSSR count). The average Bonchev–Trinajstić information content (AvgIpc) is 2.79. The van der Waals surface area contributed by atoms with E-state index in [4.69, 9.17) is 28.1 Å². The second-order valence-electron chi connectivity index (χ2n) is 17.2. The summed E-state index contributed by atoms with van der Waals surface area (Å²) in [5.74, 6) is -0.525. The van der Waals surface area contributed by atoms with Gasteiger partial charge in [-0.2, -0.15) is 0 Å². The molecule has 0 radical (unpaired) electrons. The van der Waals surface area contributed by atoms with Crippen molar-refractivity contribution in [1.29, 1.82) is 0 Å². The van der Waals surface area contributed by atoms with E-state index in [2.05, 4.69) is 81.5 Å². The smallest absolute Gasteiger partial charge is 0.192 e. The van der Waals surface area contributed by atoms with Gasteiger partial charge in [0.05, 0.1) is 36.6 Å². The maximum absolute atomic E-state index is 12.9. The zero-order chi connectivity index (χ0) is 32.2. The molecule has 3 aliphatic rings. The summed E-state index contributed by atoms with van der Waals surface area (Å²) in [5, 5.41) is 13.0. The van der Waals surface area contributed by atoms with Crippen LogP contribution >= 0.6 is 0 Å². The Morgan fingerprint density at radius 1 is 1.05 bits per heavy atom. The number of fused-ring (bicyclic) bond motifs is 1. The zero-order valence-electron chi connectivity index (χ0n) is 29.6. The molecule has 0 aromatic rings. The van der Waals surface area contributed by atoms with Crippen LogP contribution in [0.2, 0.25) is 18.1 Å². The fourth-order valence-corrected chi connectivity index (χ4v) is 8.66. The predicted octanol–water partition coefficient (Wildman–Crippen LogP) is 7.61. The van der Waals surface area contributed by atoms with Gasteiger partial charge in [-0.05, 0) is 90.9 Å². The summed E-state index contributed by atoms with van der Waals surface area (Å²) in [6.07, 6.45) is 4.62. The predicted molar refractivity (Wildman–Crippen MR) is 171 cm³/mol. The molecule has 0 spiro atoms. The first-order valence-corrected chi connectivity index (χ1v) is 19.0. The Morgan fingerprint density at radius 2 is 1.67 bits per heavy atom. The van der Waals surface area contributed by atoms with Gasteiger partial charge in [-0.15, -0.1) is 0 Å². The van der Waals surface area contributed by atoms with Gasteiger partial charge in [-0.3, -0.25) is 0 Å². The lowest BCUT2D eigenvalue weighted by Gasteiger charge is -2.59. The van der Waals surface area contributed by atoms with E-state index in [0.717, 1.165) is 18.4 Å². The molecule has 2 aliphatic carbocycles. The van der Waals surface area contributed by atoms with Crippen molar-refractivity contribution in [3.8, 4) is 0 Å². The van der Waals surface area contributed by atoms with Gasteiger partial charge in [-0.1, -0.05) is 47.6 Å². The van der Waals surface area contributed by atoms with E-state index >= 15 is 0 Å². The number of ether oxygens (including phenoxy) is 5. The van der Waals surface area contributed by atoms with Crippen molar-refractivity contribution in [1.82, 2.24) is 0 Å². The van der Waals surface area contributed by atoms with Crippen LogP contribution in [0.4, 0.5) is 0 Å². The lowest BCUT2D eigenvalue weighted by atomic mass is 9.56. The third-order valence-electron chi connectivity index (χ3n) is 10.8. The maximum atomic E-state index is 12.9. The van der Waals surface area contributed by atoms with Crippen LogP contribution in [0, 0.1) is 16.7 Å². The molecule has 1 heterocycles. The first-order chi connectivity index (χ1) is 18.9. The normalized spacial score (nSPS) is 36.2. The minimum atomic E-state index is -2.01. The van der Waals surface area contributed by atoms with Gasteiger partial charge >= 0.3 is 0 Å². The van der Waals surface area contributed by atoms with E-state index in [1.807, 2.05) is 20.8 Å². The van der Waals surface area contributed by atoms with Crippen LogP contribution in [-0.4, -0.2) is 75.3 Å². The van der Waals surface area contributed by atoms with Crippen LogP contribution in [0.15, 0.2) is 11.6 Å².